The highest BCUT2D eigenvalue weighted by atomic mass is 35.5. The van der Waals surface area contributed by atoms with Crippen LogP contribution in [-0.2, 0) is 0 Å². The van der Waals surface area contributed by atoms with Crippen molar-refractivity contribution in [3.05, 3.63) is 17.5 Å². The van der Waals surface area contributed by atoms with E-state index in [1.165, 1.54) is 19.3 Å². The van der Waals surface area contributed by atoms with E-state index in [9.17, 15) is 0 Å². The maximum atomic E-state index is 5.80. The lowest BCUT2D eigenvalue weighted by molar-refractivity contribution is 0.238. The van der Waals surface area contributed by atoms with Crippen LogP contribution in [0.3, 0.4) is 0 Å². The fourth-order valence-electron chi connectivity index (χ4n) is 2.13. The summed E-state index contributed by atoms with van der Waals surface area (Å²) in [6.45, 7) is 6.78. The summed E-state index contributed by atoms with van der Waals surface area (Å²) in [4.78, 5) is 10.5. The van der Waals surface area contributed by atoms with Gasteiger partial charge in [0.1, 0.15) is 5.82 Å². The van der Waals surface area contributed by atoms with Crippen molar-refractivity contribution in [3.8, 4) is 0 Å². The first kappa shape index (κ1) is 11.6. The predicted molar refractivity (Wildman–Crippen MR) is 66.9 cm³/mol. The molecule has 0 saturated carbocycles. The molecule has 0 N–H and O–H groups in total. The molecule has 16 heavy (non-hydrogen) atoms. The maximum Gasteiger partial charge on any atom is 0.224 e. The Morgan fingerprint density at radius 1 is 1.44 bits per heavy atom. The Morgan fingerprint density at radius 3 is 2.69 bits per heavy atom. The van der Waals surface area contributed by atoms with Crippen molar-refractivity contribution in [3.63, 3.8) is 0 Å². The standard InChI is InChI=1S/C12H18ClN3/c1-3-12(2)5-8-16(9-6-12)10-4-7-14-11(13)15-10/h4,7H,3,5-6,8-9H2,1-2H3. The van der Waals surface area contributed by atoms with E-state index in [0.29, 0.717) is 10.7 Å². The fourth-order valence-corrected chi connectivity index (χ4v) is 2.27. The van der Waals surface area contributed by atoms with Crippen LogP contribution in [0.15, 0.2) is 12.3 Å². The summed E-state index contributed by atoms with van der Waals surface area (Å²) < 4.78 is 0. The summed E-state index contributed by atoms with van der Waals surface area (Å²) in [6.07, 6.45) is 5.43. The van der Waals surface area contributed by atoms with Gasteiger partial charge in [-0.15, -0.1) is 0 Å². The van der Waals surface area contributed by atoms with E-state index < -0.39 is 0 Å². The number of hydrogen-bond acceptors (Lipinski definition) is 3. The van der Waals surface area contributed by atoms with E-state index in [1.807, 2.05) is 6.07 Å². The van der Waals surface area contributed by atoms with Crippen LogP contribution in [0.1, 0.15) is 33.1 Å². The quantitative estimate of drug-likeness (QED) is 0.743. The molecule has 2 heterocycles. The summed E-state index contributed by atoms with van der Waals surface area (Å²) in [5.41, 5.74) is 0.507. The Bertz CT molecular complexity index is 359. The number of piperidine rings is 1. The van der Waals surface area contributed by atoms with Gasteiger partial charge in [0.25, 0.3) is 0 Å². The number of hydrogen-bond donors (Lipinski definition) is 0. The highest BCUT2D eigenvalue weighted by Gasteiger charge is 2.28. The Morgan fingerprint density at radius 2 is 2.12 bits per heavy atom. The predicted octanol–water partition coefficient (Wildman–Crippen LogP) is 3.15. The van der Waals surface area contributed by atoms with Crippen LogP contribution in [0.4, 0.5) is 5.82 Å². The molecule has 1 aromatic heterocycles. The molecule has 1 aliphatic heterocycles. The van der Waals surface area contributed by atoms with Crippen molar-refractivity contribution < 1.29 is 0 Å². The van der Waals surface area contributed by atoms with Crippen molar-refractivity contribution in [1.29, 1.82) is 0 Å². The van der Waals surface area contributed by atoms with Gasteiger partial charge in [-0.05, 0) is 35.9 Å². The third-order valence-electron chi connectivity index (χ3n) is 3.76. The normalized spacial score (nSPS) is 19.8. The van der Waals surface area contributed by atoms with Gasteiger partial charge in [0, 0.05) is 19.3 Å². The SMILES string of the molecule is CCC1(C)CCN(c2ccnc(Cl)n2)CC1. The first-order valence-electron chi connectivity index (χ1n) is 5.86. The van der Waals surface area contributed by atoms with Crippen LogP contribution in [0.25, 0.3) is 0 Å². The number of anilines is 1. The molecule has 0 aliphatic carbocycles. The van der Waals surface area contributed by atoms with Gasteiger partial charge in [-0.25, -0.2) is 9.97 Å². The minimum Gasteiger partial charge on any atom is -0.356 e. The van der Waals surface area contributed by atoms with Gasteiger partial charge in [-0.3, -0.25) is 0 Å². The second-order valence-electron chi connectivity index (χ2n) is 4.84. The zero-order chi connectivity index (χ0) is 11.6. The number of rotatable bonds is 2. The molecule has 88 valence electrons. The van der Waals surface area contributed by atoms with Crippen LogP contribution in [-0.4, -0.2) is 23.1 Å². The van der Waals surface area contributed by atoms with Crippen molar-refractivity contribution >= 4 is 17.4 Å². The van der Waals surface area contributed by atoms with Crippen molar-refractivity contribution in [2.45, 2.75) is 33.1 Å². The first-order chi connectivity index (χ1) is 7.63. The van der Waals surface area contributed by atoms with Crippen molar-refractivity contribution in [2.24, 2.45) is 5.41 Å². The highest BCUT2D eigenvalue weighted by Crippen LogP contribution is 2.35. The third-order valence-corrected chi connectivity index (χ3v) is 3.94. The van der Waals surface area contributed by atoms with E-state index in [4.69, 9.17) is 11.6 Å². The Balaban J connectivity index is 2.04. The Kier molecular flexibility index (Phi) is 3.33. The Hall–Kier alpha value is -0.830. The van der Waals surface area contributed by atoms with Crippen molar-refractivity contribution in [2.75, 3.05) is 18.0 Å². The van der Waals surface area contributed by atoms with Gasteiger partial charge in [-0.2, -0.15) is 0 Å². The second kappa shape index (κ2) is 4.58. The van der Waals surface area contributed by atoms with Crippen LogP contribution in [0, 0.1) is 5.41 Å². The average molecular weight is 240 g/mol. The molecule has 0 aromatic carbocycles. The number of aromatic nitrogens is 2. The minimum absolute atomic E-state index is 0.335. The summed E-state index contributed by atoms with van der Waals surface area (Å²) >= 11 is 5.80. The van der Waals surface area contributed by atoms with Crippen LogP contribution >= 0.6 is 11.6 Å². The zero-order valence-electron chi connectivity index (χ0n) is 9.91. The van der Waals surface area contributed by atoms with Gasteiger partial charge in [0.15, 0.2) is 0 Å². The summed E-state index contributed by atoms with van der Waals surface area (Å²) in [7, 11) is 0. The molecule has 0 amide bonds. The molecule has 0 unspecified atom stereocenters. The van der Waals surface area contributed by atoms with Gasteiger partial charge < -0.3 is 4.90 Å². The second-order valence-corrected chi connectivity index (χ2v) is 5.17. The zero-order valence-corrected chi connectivity index (χ0v) is 10.7. The topological polar surface area (TPSA) is 29.0 Å². The van der Waals surface area contributed by atoms with Crippen LogP contribution < -0.4 is 4.90 Å². The Labute approximate surface area is 102 Å². The summed E-state index contributed by atoms with van der Waals surface area (Å²) in [6, 6.07) is 1.93. The van der Waals surface area contributed by atoms with Gasteiger partial charge >= 0.3 is 0 Å². The monoisotopic (exact) mass is 239 g/mol. The molecule has 4 heteroatoms. The van der Waals surface area contributed by atoms with Crippen LogP contribution in [0.5, 0.6) is 0 Å². The molecular weight excluding hydrogens is 222 g/mol. The molecule has 2 rings (SSSR count). The van der Waals surface area contributed by atoms with Gasteiger partial charge in [0.2, 0.25) is 5.28 Å². The number of nitrogens with zero attached hydrogens (tertiary/aromatic N) is 3. The average Bonchev–Trinajstić information content (AvgIpc) is 2.30. The number of halogens is 1. The lowest BCUT2D eigenvalue weighted by Gasteiger charge is -2.39. The molecule has 0 radical (unpaired) electrons. The fraction of sp³-hybridized carbons (Fsp3) is 0.667. The van der Waals surface area contributed by atoms with Gasteiger partial charge in [0.05, 0.1) is 0 Å². The summed E-state index contributed by atoms with van der Waals surface area (Å²) in [5.74, 6) is 0.957. The minimum atomic E-state index is 0.335. The van der Waals surface area contributed by atoms with Gasteiger partial charge in [-0.1, -0.05) is 20.3 Å². The molecule has 1 fully saturated rings. The molecule has 0 atom stereocenters. The van der Waals surface area contributed by atoms with E-state index >= 15 is 0 Å². The molecular formula is C12H18ClN3. The molecule has 0 bridgehead atoms. The first-order valence-corrected chi connectivity index (χ1v) is 6.24. The molecule has 1 aliphatic rings. The highest BCUT2D eigenvalue weighted by molar-refractivity contribution is 6.28. The smallest absolute Gasteiger partial charge is 0.224 e. The largest absolute Gasteiger partial charge is 0.356 e. The maximum absolute atomic E-state index is 5.80. The van der Waals surface area contributed by atoms with E-state index in [0.717, 1.165) is 18.9 Å². The van der Waals surface area contributed by atoms with E-state index in [-0.39, 0.29) is 0 Å². The molecule has 0 spiro atoms. The third kappa shape index (κ3) is 2.46. The molecule has 3 nitrogen and oxygen atoms in total. The summed E-state index contributed by atoms with van der Waals surface area (Å²) in [5, 5.41) is 0.335. The van der Waals surface area contributed by atoms with Crippen LogP contribution in [0.2, 0.25) is 5.28 Å². The lowest BCUT2D eigenvalue weighted by Crippen LogP contribution is -2.38. The van der Waals surface area contributed by atoms with Crippen molar-refractivity contribution in [1.82, 2.24) is 9.97 Å². The molecule has 1 aromatic rings. The molecule has 1 saturated heterocycles. The van der Waals surface area contributed by atoms with E-state index in [2.05, 4.69) is 28.7 Å². The van der Waals surface area contributed by atoms with E-state index in [1.54, 1.807) is 6.20 Å². The lowest BCUT2D eigenvalue weighted by atomic mass is 9.78.